The van der Waals surface area contributed by atoms with Crippen LogP contribution in [0.1, 0.15) is 36.0 Å². The van der Waals surface area contributed by atoms with E-state index < -0.39 is 10.0 Å². The van der Waals surface area contributed by atoms with Crippen LogP contribution in [0.25, 0.3) is 0 Å². The van der Waals surface area contributed by atoms with Crippen molar-refractivity contribution in [3.05, 3.63) is 28.8 Å². The fraction of sp³-hybridized carbons (Fsp3) is 0.611. The van der Waals surface area contributed by atoms with Crippen molar-refractivity contribution >= 4 is 27.5 Å². The molecule has 2 heterocycles. The first-order valence-corrected chi connectivity index (χ1v) is 11.0. The molecule has 3 rings (SSSR count). The van der Waals surface area contributed by atoms with E-state index in [-0.39, 0.29) is 16.4 Å². The molecule has 0 bridgehead atoms. The number of carbonyl (C=O) groups is 1. The first-order valence-electron chi connectivity index (χ1n) is 9.17. The maximum Gasteiger partial charge on any atom is 0.255 e. The van der Waals surface area contributed by atoms with Crippen molar-refractivity contribution in [3.8, 4) is 0 Å². The van der Waals surface area contributed by atoms with Crippen LogP contribution >= 0.6 is 11.6 Å². The molecule has 144 valence electrons. The standard InChI is InChI=1S/C18H26ClN3O3S/c1-20-8-5-9-21(13-12-20)18(23)16-14-15(6-7-17(16)19)26(24,25)22-10-3-2-4-11-22/h6-7,14H,2-5,8-13H2,1H3. The summed E-state index contributed by atoms with van der Waals surface area (Å²) in [6, 6.07) is 4.47. The summed E-state index contributed by atoms with van der Waals surface area (Å²) in [5, 5.41) is 0.296. The largest absolute Gasteiger partial charge is 0.337 e. The van der Waals surface area contributed by atoms with Crippen LogP contribution in [-0.4, -0.2) is 74.7 Å². The second-order valence-corrected chi connectivity index (χ2v) is 9.40. The number of hydrogen-bond donors (Lipinski definition) is 0. The van der Waals surface area contributed by atoms with E-state index >= 15 is 0 Å². The van der Waals surface area contributed by atoms with E-state index in [0.717, 1.165) is 38.8 Å². The Kier molecular flexibility index (Phi) is 6.22. The van der Waals surface area contributed by atoms with E-state index in [2.05, 4.69) is 4.90 Å². The van der Waals surface area contributed by atoms with Gasteiger partial charge in [-0.3, -0.25) is 4.79 Å². The van der Waals surface area contributed by atoms with Crippen molar-refractivity contribution in [2.24, 2.45) is 0 Å². The molecule has 0 saturated carbocycles. The highest BCUT2D eigenvalue weighted by atomic mass is 35.5. The van der Waals surface area contributed by atoms with Crippen molar-refractivity contribution < 1.29 is 13.2 Å². The predicted molar refractivity (Wildman–Crippen MR) is 102 cm³/mol. The number of benzene rings is 1. The minimum absolute atomic E-state index is 0.152. The van der Waals surface area contributed by atoms with Gasteiger partial charge >= 0.3 is 0 Å². The molecule has 0 atom stereocenters. The third kappa shape index (κ3) is 4.22. The first kappa shape index (κ1) is 19.6. The van der Waals surface area contributed by atoms with E-state index in [1.807, 2.05) is 7.05 Å². The fourth-order valence-corrected chi connectivity index (χ4v) is 5.25. The summed E-state index contributed by atoms with van der Waals surface area (Å²) in [4.78, 5) is 17.1. The van der Waals surface area contributed by atoms with E-state index in [9.17, 15) is 13.2 Å². The summed E-state index contributed by atoms with van der Waals surface area (Å²) in [7, 11) is -1.55. The van der Waals surface area contributed by atoms with Gasteiger partial charge in [-0.2, -0.15) is 4.31 Å². The van der Waals surface area contributed by atoms with Gasteiger partial charge in [0.15, 0.2) is 0 Å². The minimum atomic E-state index is -3.59. The Balaban J connectivity index is 1.86. The van der Waals surface area contributed by atoms with Gasteiger partial charge in [0.1, 0.15) is 0 Å². The number of piperidine rings is 1. The van der Waals surface area contributed by atoms with Crippen molar-refractivity contribution in [3.63, 3.8) is 0 Å². The van der Waals surface area contributed by atoms with Crippen LogP contribution in [0.3, 0.4) is 0 Å². The van der Waals surface area contributed by atoms with E-state index in [4.69, 9.17) is 11.6 Å². The molecule has 0 aromatic heterocycles. The van der Waals surface area contributed by atoms with Gasteiger partial charge in [0, 0.05) is 32.7 Å². The monoisotopic (exact) mass is 399 g/mol. The lowest BCUT2D eigenvalue weighted by molar-refractivity contribution is 0.0762. The van der Waals surface area contributed by atoms with E-state index in [1.165, 1.54) is 22.5 Å². The topological polar surface area (TPSA) is 60.9 Å². The number of carbonyl (C=O) groups excluding carboxylic acids is 1. The van der Waals surface area contributed by atoms with E-state index in [0.29, 0.717) is 31.2 Å². The zero-order valence-electron chi connectivity index (χ0n) is 15.2. The summed E-state index contributed by atoms with van der Waals surface area (Å²) in [6.45, 7) is 4.09. The number of nitrogens with zero attached hydrogens (tertiary/aromatic N) is 3. The van der Waals surface area contributed by atoms with Gasteiger partial charge in [-0.15, -0.1) is 0 Å². The number of amides is 1. The molecular weight excluding hydrogens is 374 g/mol. The normalized spacial score (nSPS) is 20.8. The smallest absolute Gasteiger partial charge is 0.255 e. The van der Waals surface area contributed by atoms with Crippen molar-refractivity contribution in [2.45, 2.75) is 30.6 Å². The Morgan fingerprint density at radius 1 is 0.962 bits per heavy atom. The third-order valence-electron chi connectivity index (χ3n) is 5.13. The Bertz CT molecular complexity index is 763. The summed E-state index contributed by atoms with van der Waals surface area (Å²) in [5.74, 6) is -0.194. The molecule has 2 saturated heterocycles. The summed E-state index contributed by atoms with van der Waals surface area (Å²) in [5.41, 5.74) is 0.273. The third-order valence-corrected chi connectivity index (χ3v) is 7.35. The SMILES string of the molecule is CN1CCCN(C(=O)c2cc(S(=O)(=O)N3CCCCC3)ccc2Cl)CC1. The van der Waals surface area contributed by atoms with Crippen LogP contribution < -0.4 is 0 Å². The molecule has 2 aliphatic heterocycles. The zero-order valence-corrected chi connectivity index (χ0v) is 16.7. The maximum atomic E-state index is 12.9. The van der Waals surface area contributed by atoms with Gasteiger partial charge in [-0.05, 0) is 51.1 Å². The number of sulfonamides is 1. The molecule has 1 amide bonds. The van der Waals surface area contributed by atoms with Gasteiger partial charge < -0.3 is 9.80 Å². The summed E-state index contributed by atoms with van der Waals surface area (Å²) >= 11 is 6.25. The van der Waals surface area contributed by atoms with Gasteiger partial charge in [0.2, 0.25) is 10.0 Å². The molecule has 2 aliphatic rings. The van der Waals surface area contributed by atoms with Crippen LogP contribution in [0, 0.1) is 0 Å². The number of rotatable bonds is 3. The molecule has 1 aromatic carbocycles. The Labute approximate surface area is 160 Å². The quantitative estimate of drug-likeness (QED) is 0.782. The second-order valence-electron chi connectivity index (χ2n) is 7.06. The van der Waals surface area contributed by atoms with Crippen molar-refractivity contribution in [2.75, 3.05) is 46.3 Å². The van der Waals surface area contributed by atoms with Crippen molar-refractivity contribution in [1.82, 2.24) is 14.1 Å². The Morgan fingerprint density at radius 2 is 1.69 bits per heavy atom. The molecule has 8 heteroatoms. The Morgan fingerprint density at radius 3 is 2.42 bits per heavy atom. The van der Waals surface area contributed by atoms with Crippen LogP contribution in [0.15, 0.2) is 23.1 Å². The van der Waals surface area contributed by atoms with Crippen LogP contribution in [0.2, 0.25) is 5.02 Å². The molecule has 0 unspecified atom stereocenters. The highest BCUT2D eigenvalue weighted by Crippen LogP contribution is 2.26. The molecular formula is C18H26ClN3O3S. The molecule has 0 aliphatic carbocycles. The lowest BCUT2D eigenvalue weighted by Crippen LogP contribution is -2.36. The summed E-state index contributed by atoms with van der Waals surface area (Å²) < 4.78 is 27.3. The van der Waals surface area contributed by atoms with Gasteiger partial charge in [0.25, 0.3) is 5.91 Å². The molecule has 26 heavy (non-hydrogen) atoms. The first-order chi connectivity index (χ1) is 12.4. The molecule has 1 aromatic rings. The average molecular weight is 400 g/mol. The van der Waals surface area contributed by atoms with Crippen LogP contribution in [-0.2, 0) is 10.0 Å². The van der Waals surface area contributed by atoms with Crippen LogP contribution in [0.5, 0.6) is 0 Å². The minimum Gasteiger partial charge on any atom is -0.337 e. The van der Waals surface area contributed by atoms with Crippen molar-refractivity contribution in [1.29, 1.82) is 0 Å². The maximum absolute atomic E-state index is 12.9. The molecule has 0 N–H and O–H groups in total. The molecule has 2 fully saturated rings. The highest BCUT2D eigenvalue weighted by Gasteiger charge is 2.28. The number of hydrogen-bond acceptors (Lipinski definition) is 4. The fourth-order valence-electron chi connectivity index (χ4n) is 3.50. The summed E-state index contributed by atoms with van der Waals surface area (Å²) in [6.07, 6.45) is 3.70. The average Bonchev–Trinajstić information content (AvgIpc) is 2.86. The van der Waals surface area contributed by atoms with Crippen LogP contribution in [0.4, 0.5) is 0 Å². The number of likely N-dealkylation sites (N-methyl/N-ethyl adjacent to an activating group) is 1. The molecule has 0 radical (unpaired) electrons. The second kappa shape index (κ2) is 8.25. The van der Waals surface area contributed by atoms with Gasteiger partial charge in [-0.25, -0.2) is 8.42 Å². The lowest BCUT2D eigenvalue weighted by Gasteiger charge is -2.26. The van der Waals surface area contributed by atoms with E-state index in [1.54, 1.807) is 4.90 Å². The number of halogens is 1. The highest BCUT2D eigenvalue weighted by molar-refractivity contribution is 7.89. The lowest BCUT2D eigenvalue weighted by atomic mass is 10.2. The zero-order chi connectivity index (χ0) is 18.7. The molecule has 6 nitrogen and oxygen atoms in total. The predicted octanol–water partition coefficient (Wildman–Crippen LogP) is 2.29. The van der Waals surface area contributed by atoms with Gasteiger partial charge in [0.05, 0.1) is 15.5 Å². The van der Waals surface area contributed by atoms with Gasteiger partial charge in [-0.1, -0.05) is 18.0 Å². The Hall–Kier alpha value is -1.15. The molecule has 0 spiro atoms.